The lowest BCUT2D eigenvalue weighted by Gasteiger charge is -2.06. The lowest BCUT2D eigenvalue weighted by Crippen LogP contribution is -2.12. The third-order valence-corrected chi connectivity index (χ3v) is 1.70. The van der Waals surface area contributed by atoms with E-state index in [9.17, 15) is 0 Å². The molecule has 0 aliphatic heterocycles. The Morgan fingerprint density at radius 3 is 3.08 bits per heavy atom. The minimum atomic E-state index is 0.0632. The van der Waals surface area contributed by atoms with Crippen LogP contribution in [0.25, 0.3) is 0 Å². The smallest absolute Gasteiger partial charge is 0.122 e. The number of imidazole rings is 1. The molecule has 1 heterocycles. The van der Waals surface area contributed by atoms with E-state index in [1.165, 1.54) is 0 Å². The number of nitrogens with two attached hydrogens (primary N) is 1. The molecule has 3 N–H and O–H groups in total. The third-order valence-electron chi connectivity index (χ3n) is 1.70. The van der Waals surface area contributed by atoms with E-state index in [0.717, 1.165) is 12.4 Å². The second-order valence-electron chi connectivity index (χ2n) is 2.58. The van der Waals surface area contributed by atoms with Crippen LogP contribution in [0.3, 0.4) is 0 Å². The summed E-state index contributed by atoms with van der Waals surface area (Å²) >= 11 is 0. The summed E-state index contributed by atoms with van der Waals surface area (Å²) in [5, 5.41) is 8.46. The maximum absolute atomic E-state index is 8.46. The third kappa shape index (κ3) is 3.14. The van der Waals surface area contributed by atoms with Gasteiger partial charge in [0.25, 0.3) is 0 Å². The molecule has 1 aromatic heterocycles. The van der Waals surface area contributed by atoms with E-state index in [2.05, 4.69) is 4.98 Å². The maximum Gasteiger partial charge on any atom is 0.122 e. The molecule has 0 amide bonds. The number of rotatable bonds is 6. The van der Waals surface area contributed by atoms with Gasteiger partial charge in [0.2, 0.25) is 0 Å². The Morgan fingerprint density at radius 1 is 1.54 bits per heavy atom. The van der Waals surface area contributed by atoms with Crippen molar-refractivity contribution in [2.75, 3.05) is 19.8 Å². The predicted octanol–water partition coefficient (Wildman–Crippen LogP) is -0.649. The zero-order chi connectivity index (χ0) is 9.52. The van der Waals surface area contributed by atoms with Crippen molar-refractivity contribution in [1.82, 2.24) is 9.55 Å². The maximum atomic E-state index is 8.46. The van der Waals surface area contributed by atoms with E-state index < -0.39 is 0 Å². The van der Waals surface area contributed by atoms with Crippen LogP contribution in [0.1, 0.15) is 5.82 Å². The van der Waals surface area contributed by atoms with Gasteiger partial charge in [-0.25, -0.2) is 4.98 Å². The average Bonchev–Trinajstić information content (AvgIpc) is 2.60. The quantitative estimate of drug-likeness (QED) is 0.578. The van der Waals surface area contributed by atoms with Crippen molar-refractivity contribution in [3.05, 3.63) is 18.2 Å². The predicted molar refractivity (Wildman–Crippen MR) is 48.0 cm³/mol. The molecular weight excluding hydrogens is 170 g/mol. The minimum Gasteiger partial charge on any atom is -0.394 e. The van der Waals surface area contributed by atoms with Gasteiger partial charge in [-0.2, -0.15) is 0 Å². The van der Waals surface area contributed by atoms with E-state index in [0.29, 0.717) is 19.8 Å². The topological polar surface area (TPSA) is 73.3 Å². The molecule has 0 unspecified atom stereocenters. The zero-order valence-electron chi connectivity index (χ0n) is 7.52. The summed E-state index contributed by atoms with van der Waals surface area (Å²) in [6, 6.07) is 0. The minimum absolute atomic E-state index is 0.0632. The molecule has 0 spiro atoms. The lowest BCUT2D eigenvalue weighted by molar-refractivity contribution is 0.0866. The normalized spacial score (nSPS) is 10.6. The van der Waals surface area contributed by atoms with E-state index in [1.807, 2.05) is 10.8 Å². The van der Waals surface area contributed by atoms with Gasteiger partial charge in [0.1, 0.15) is 5.82 Å². The lowest BCUT2D eigenvalue weighted by atomic mass is 10.5. The van der Waals surface area contributed by atoms with Gasteiger partial charge in [0, 0.05) is 18.9 Å². The van der Waals surface area contributed by atoms with Gasteiger partial charge in [0.15, 0.2) is 0 Å². The van der Waals surface area contributed by atoms with Crippen molar-refractivity contribution in [2.24, 2.45) is 5.73 Å². The first-order valence-corrected chi connectivity index (χ1v) is 4.27. The number of hydrogen-bond acceptors (Lipinski definition) is 4. The fourth-order valence-corrected chi connectivity index (χ4v) is 1.06. The molecule has 74 valence electrons. The number of nitrogens with zero attached hydrogens (tertiary/aromatic N) is 2. The molecule has 0 fully saturated rings. The first-order chi connectivity index (χ1) is 6.38. The second kappa shape index (κ2) is 5.69. The zero-order valence-corrected chi connectivity index (χ0v) is 7.52. The van der Waals surface area contributed by atoms with Crippen molar-refractivity contribution in [3.8, 4) is 0 Å². The summed E-state index contributed by atoms with van der Waals surface area (Å²) in [6.07, 6.45) is 3.58. The van der Waals surface area contributed by atoms with Crippen LogP contribution in [-0.2, 0) is 17.8 Å². The molecule has 1 aromatic rings. The summed E-state index contributed by atoms with van der Waals surface area (Å²) in [6.45, 7) is 2.18. The largest absolute Gasteiger partial charge is 0.394 e. The molecule has 13 heavy (non-hydrogen) atoms. The Kier molecular flexibility index (Phi) is 4.45. The highest BCUT2D eigenvalue weighted by Crippen LogP contribution is 1.95. The van der Waals surface area contributed by atoms with Crippen LogP contribution in [0, 0.1) is 0 Å². The van der Waals surface area contributed by atoms with E-state index in [4.69, 9.17) is 15.6 Å². The van der Waals surface area contributed by atoms with Crippen molar-refractivity contribution in [2.45, 2.75) is 13.1 Å². The molecule has 5 heteroatoms. The summed E-state index contributed by atoms with van der Waals surface area (Å²) in [5.41, 5.74) is 5.46. The molecule has 1 rings (SSSR count). The van der Waals surface area contributed by atoms with Crippen LogP contribution in [-0.4, -0.2) is 34.5 Å². The fraction of sp³-hybridized carbons (Fsp3) is 0.625. The summed E-state index contributed by atoms with van der Waals surface area (Å²) in [7, 11) is 0. The SMILES string of the molecule is NCc1nccn1CCOCCO. The van der Waals surface area contributed by atoms with Crippen molar-refractivity contribution >= 4 is 0 Å². The molecule has 5 nitrogen and oxygen atoms in total. The molecule has 0 radical (unpaired) electrons. The first kappa shape index (κ1) is 10.2. The highest BCUT2D eigenvalue weighted by molar-refractivity contribution is 4.90. The van der Waals surface area contributed by atoms with Gasteiger partial charge in [-0.1, -0.05) is 0 Å². The molecule has 0 atom stereocenters. The summed E-state index contributed by atoms with van der Waals surface area (Å²) < 4.78 is 7.06. The van der Waals surface area contributed by atoms with Crippen LogP contribution in [0.5, 0.6) is 0 Å². The van der Waals surface area contributed by atoms with Gasteiger partial charge in [-0.05, 0) is 0 Å². The van der Waals surface area contributed by atoms with Crippen LogP contribution < -0.4 is 5.73 Å². The number of ether oxygens (including phenoxy) is 1. The second-order valence-corrected chi connectivity index (χ2v) is 2.58. The van der Waals surface area contributed by atoms with Crippen LogP contribution >= 0.6 is 0 Å². The Labute approximate surface area is 77.1 Å². The van der Waals surface area contributed by atoms with E-state index >= 15 is 0 Å². The number of aliphatic hydroxyl groups excluding tert-OH is 1. The Bertz CT molecular complexity index is 237. The van der Waals surface area contributed by atoms with Crippen LogP contribution in [0.2, 0.25) is 0 Å². The summed E-state index contributed by atoms with van der Waals surface area (Å²) in [5.74, 6) is 0.854. The van der Waals surface area contributed by atoms with E-state index in [1.54, 1.807) is 6.20 Å². The van der Waals surface area contributed by atoms with Crippen LogP contribution in [0.15, 0.2) is 12.4 Å². The van der Waals surface area contributed by atoms with Gasteiger partial charge >= 0.3 is 0 Å². The molecule has 0 aliphatic carbocycles. The molecule has 0 saturated heterocycles. The fourth-order valence-electron chi connectivity index (χ4n) is 1.06. The Morgan fingerprint density at radius 2 is 2.38 bits per heavy atom. The number of aliphatic hydroxyl groups is 1. The molecule has 0 aliphatic rings. The van der Waals surface area contributed by atoms with Crippen molar-refractivity contribution in [3.63, 3.8) is 0 Å². The van der Waals surface area contributed by atoms with Gasteiger partial charge in [0.05, 0.1) is 26.4 Å². The van der Waals surface area contributed by atoms with Gasteiger partial charge in [-0.3, -0.25) is 0 Å². The van der Waals surface area contributed by atoms with Crippen molar-refractivity contribution < 1.29 is 9.84 Å². The molecule has 0 aromatic carbocycles. The number of hydrogen-bond donors (Lipinski definition) is 2. The Balaban J connectivity index is 2.27. The van der Waals surface area contributed by atoms with Gasteiger partial charge < -0.3 is 20.1 Å². The monoisotopic (exact) mass is 185 g/mol. The van der Waals surface area contributed by atoms with E-state index in [-0.39, 0.29) is 6.61 Å². The standard InChI is InChI=1S/C8H15N3O2/c9-7-8-10-1-2-11(8)3-5-13-6-4-12/h1-2,12H,3-7,9H2. The molecule has 0 saturated carbocycles. The molecule has 0 bridgehead atoms. The average molecular weight is 185 g/mol. The first-order valence-electron chi connectivity index (χ1n) is 4.27. The van der Waals surface area contributed by atoms with Gasteiger partial charge in [-0.15, -0.1) is 0 Å². The Hall–Kier alpha value is -0.910. The van der Waals surface area contributed by atoms with Crippen molar-refractivity contribution in [1.29, 1.82) is 0 Å². The highest BCUT2D eigenvalue weighted by atomic mass is 16.5. The number of aromatic nitrogens is 2. The molecular formula is C8H15N3O2. The van der Waals surface area contributed by atoms with Crippen LogP contribution in [0.4, 0.5) is 0 Å². The summed E-state index contributed by atoms with van der Waals surface area (Å²) in [4.78, 5) is 4.07. The highest BCUT2D eigenvalue weighted by Gasteiger charge is 1.98.